The smallest absolute Gasteiger partial charge is 0.317 e. The Morgan fingerprint density at radius 2 is 2.12 bits per heavy atom. The second-order valence-electron chi connectivity index (χ2n) is 4.07. The van der Waals surface area contributed by atoms with Gasteiger partial charge in [-0.3, -0.25) is 4.79 Å². The summed E-state index contributed by atoms with van der Waals surface area (Å²) >= 11 is 4.87. The van der Waals surface area contributed by atoms with E-state index in [-0.39, 0.29) is 11.2 Å². The third-order valence-electron chi connectivity index (χ3n) is 2.59. The lowest BCUT2D eigenvalue weighted by molar-refractivity contribution is -0.137. The molecule has 1 aromatic carbocycles. The molecule has 1 N–H and O–H groups in total. The van der Waals surface area contributed by atoms with E-state index in [0.717, 1.165) is 22.2 Å². The fourth-order valence-electron chi connectivity index (χ4n) is 1.69. The van der Waals surface area contributed by atoms with Crippen LogP contribution in [0.15, 0.2) is 33.6 Å². The number of rotatable bonds is 6. The Morgan fingerprint density at radius 1 is 1.47 bits per heavy atom. The van der Waals surface area contributed by atoms with Crippen molar-refractivity contribution >= 4 is 33.7 Å². The van der Waals surface area contributed by atoms with Crippen LogP contribution in [0.25, 0.3) is 0 Å². The molecule has 0 amide bonds. The SMILES string of the molecule is CCCC(C)C(Sc1ccccc1Br)C(=O)O. The summed E-state index contributed by atoms with van der Waals surface area (Å²) in [6.07, 6.45) is 1.95. The predicted octanol–water partition coefficient (Wildman–Crippen LogP) is 4.43. The lowest BCUT2D eigenvalue weighted by atomic mass is 10.0. The zero-order chi connectivity index (χ0) is 12.8. The molecule has 0 aliphatic heterocycles. The van der Waals surface area contributed by atoms with Crippen LogP contribution in [0.4, 0.5) is 0 Å². The molecular weight excluding hydrogens is 300 g/mol. The number of thioether (sulfide) groups is 1. The van der Waals surface area contributed by atoms with Crippen molar-refractivity contribution in [3.8, 4) is 0 Å². The molecule has 0 aliphatic rings. The topological polar surface area (TPSA) is 37.3 Å². The van der Waals surface area contributed by atoms with Crippen molar-refractivity contribution in [1.29, 1.82) is 0 Å². The average Bonchev–Trinajstić information content (AvgIpc) is 2.27. The molecule has 17 heavy (non-hydrogen) atoms. The van der Waals surface area contributed by atoms with Crippen molar-refractivity contribution in [2.75, 3.05) is 0 Å². The minimum Gasteiger partial charge on any atom is -0.480 e. The molecule has 1 rings (SSSR count). The largest absolute Gasteiger partial charge is 0.480 e. The monoisotopic (exact) mass is 316 g/mol. The van der Waals surface area contributed by atoms with Gasteiger partial charge in [-0.05, 0) is 40.4 Å². The van der Waals surface area contributed by atoms with E-state index in [1.54, 1.807) is 0 Å². The molecule has 0 spiro atoms. The lowest BCUT2D eigenvalue weighted by Gasteiger charge is -2.19. The maximum atomic E-state index is 11.3. The summed E-state index contributed by atoms with van der Waals surface area (Å²) in [5, 5.41) is 8.91. The molecule has 2 unspecified atom stereocenters. The number of carboxylic acids is 1. The highest BCUT2D eigenvalue weighted by molar-refractivity contribution is 9.10. The highest BCUT2D eigenvalue weighted by Crippen LogP contribution is 2.34. The molecular formula is C13H17BrO2S. The fourth-order valence-corrected chi connectivity index (χ4v) is 3.34. The molecule has 4 heteroatoms. The summed E-state index contributed by atoms with van der Waals surface area (Å²) in [6, 6.07) is 7.74. The maximum Gasteiger partial charge on any atom is 0.317 e. The average molecular weight is 317 g/mol. The van der Waals surface area contributed by atoms with Crippen LogP contribution in [0, 0.1) is 5.92 Å². The van der Waals surface area contributed by atoms with Gasteiger partial charge in [0.25, 0.3) is 0 Å². The van der Waals surface area contributed by atoms with Gasteiger partial charge in [-0.2, -0.15) is 0 Å². The number of aliphatic carboxylic acids is 1. The van der Waals surface area contributed by atoms with Crippen molar-refractivity contribution in [2.24, 2.45) is 5.92 Å². The van der Waals surface area contributed by atoms with E-state index in [4.69, 9.17) is 0 Å². The summed E-state index contributed by atoms with van der Waals surface area (Å²) in [5.74, 6) is -0.554. The van der Waals surface area contributed by atoms with Crippen molar-refractivity contribution < 1.29 is 9.90 Å². The molecule has 0 aromatic heterocycles. The number of hydrogen-bond donors (Lipinski definition) is 1. The minimum atomic E-state index is -0.730. The summed E-state index contributed by atoms with van der Waals surface area (Å²) in [7, 11) is 0. The van der Waals surface area contributed by atoms with Gasteiger partial charge in [-0.1, -0.05) is 32.4 Å². The van der Waals surface area contributed by atoms with Gasteiger partial charge >= 0.3 is 5.97 Å². The minimum absolute atomic E-state index is 0.176. The van der Waals surface area contributed by atoms with Crippen molar-refractivity contribution in [3.05, 3.63) is 28.7 Å². The third kappa shape index (κ3) is 4.36. The van der Waals surface area contributed by atoms with Crippen LogP contribution in [-0.2, 0) is 4.79 Å². The zero-order valence-corrected chi connectivity index (χ0v) is 12.4. The van der Waals surface area contributed by atoms with Gasteiger partial charge in [-0.15, -0.1) is 11.8 Å². The van der Waals surface area contributed by atoms with Gasteiger partial charge in [0.2, 0.25) is 0 Å². The van der Waals surface area contributed by atoms with Crippen molar-refractivity contribution in [3.63, 3.8) is 0 Å². The van der Waals surface area contributed by atoms with Gasteiger partial charge in [-0.25, -0.2) is 0 Å². The maximum absolute atomic E-state index is 11.3. The van der Waals surface area contributed by atoms with Gasteiger partial charge in [0.15, 0.2) is 0 Å². The van der Waals surface area contributed by atoms with Crippen molar-refractivity contribution in [1.82, 2.24) is 0 Å². The quantitative estimate of drug-likeness (QED) is 0.789. The van der Waals surface area contributed by atoms with E-state index < -0.39 is 5.97 Å². The summed E-state index contributed by atoms with van der Waals surface area (Å²) < 4.78 is 0.958. The molecule has 0 aliphatic carbocycles. The molecule has 2 atom stereocenters. The number of halogens is 1. The van der Waals surface area contributed by atoms with E-state index in [9.17, 15) is 9.90 Å². The molecule has 0 fully saturated rings. The van der Waals surface area contributed by atoms with E-state index in [1.165, 1.54) is 11.8 Å². The number of benzene rings is 1. The Morgan fingerprint density at radius 3 is 2.65 bits per heavy atom. The van der Waals surface area contributed by atoms with Crippen LogP contribution in [0.1, 0.15) is 26.7 Å². The highest BCUT2D eigenvalue weighted by Gasteiger charge is 2.25. The first kappa shape index (κ1) is 14.6. The molecule has 94 valence electrons. The van der Waals surface area contributed by atoms with Crippen LogP contribution in [-0.4, -0.2) is 16.3 Å². The molecule has 0 radical (unpaired) electrons. The summed E-state index contributed by atoms with van der Waals surface area (Å²) in [5.41, 5.74) is 0. The molecule has 1 aromatic rings. The normalized spacial score (nSPS) is 14.3. The first-order valence-electron chi connectivity index (χ1n) is 5.70. The Hall–Kier alpha value is -0.480. The Kier molecular flexibility index (Phi) is 6.06. The Labute approximate surface area is 115 Å². The van der Waals surface area contributed by atoms with Gasteiger partial charge in [0.05, 0.1) is 0 Å². The highest BCUT2D eigenvalue weighted by atomic mass is 79.9. The zero-order valence-electron chi connectivity index (χ0n) is 10.0. The van der Waals surface area contributed by atoms with Gasteiger partial charge < -0.3 is 5.11 Å². The van der Waals surface area contributed by atoms with Gasteiger partial charge in [0.1, 0.15) is 5.25 Å². The van der Waals surface area contributed by atoms with Crippen LogP contribution in [0.3, 0.4) is 0 Å². The van der Waals surface area contributed by atoms with Crippen LogP contribution >= 0.6 is 27.7 Å². The summed E-state index contributed by atoms with van der Waals surface area (Å²) in [6.45, 7) is 4.09. The predicted molar refractivity (Wildman–Crippen MR) is 75.5 cm³/mol. The van der Waals surface area contributed by atoms with E-state index in [1.807, 2.05) is 31.2 Å². The molecule has 0 saturated carbocycles. The Balaban J connectivity index is 2.80. The van der Waals surface area contributed by atoms with Crippen LogP contribution in [0.5, 0.6) is 0 Å². The van der Waals surface area contributed by atoms with E-state index in [2.05, 4.69) is 22.9 Å². The standard InChI is InChI=1S/C13H17BrO2S/c1-3-6-9(2)12(13(15)16)17-11-8-5-4-7-10(11)14/h4-5,7-9,12H,3,6H2,1-2H3,(H,15,16). The third-order valence-corrected chi connectivity index (χ3v) is 5.08. The number of carbonyl (C=O) groups is 1. The molecule has 0 heterocycles. The first-order chi connectivity index (χ1) is 8.06. The number of carboxylic acid groups (broad SMARTS) is 1. The van der Waals surface area contributed by atoms with Gasteiger partial charge in [0, 0.05) is 9.37 Å². The summed E-state index contributed by atoms with van der Waals surface area (Å²) in [4.78, 5) is 12.3. The molecule has 0 saturated heterocycles. The first-order valence-corrected chi connectivity index (χ1v) is 7.37. The molecule has 2 nitrogen and oxygen atoms in total. The fraction of sp³-hybridized carbons (Fsp3) is 0.462. The second-order valence-corrected chi connectivity index (χ2v) is 6.11. The van der Waals surface area contributed by atoms with Crippen LogP contribution < -0.4 is 0 Å². The number of hydrogen-bond acceptors (Lipinski definition) is 2. The van der Waals surface area contributed by atoms with E-state index >= 15 is 0 Å². The van der Waals surface area contributed by atoms with E-state index in [0.29, 0.717) is 0 Å². The second kappa shape index (κ2) is 7.07. The van der Waals surface area contributed by atoms with Crippen molar-refractivity contribution in [2.45, 2.75) is 36.8 Å². The lowest BCUT2D eigenvalue weighted by Crippen LogP contribution is -2.24. The molecule has 0 bridgehead atoms. The van der Waals surface area contributed by atoms with Crippen LogP contribution in [0.2, 0.25) is 0 Å². The Bertz CT molecular complexity index is 381.